The lowest BCUT2D eigenvalue weighted by Crippen LogP contribution is -2.32. The normalized spacial score (nSPS) is 13.0. The van der Waals surface area contributed by atoms with Crippen LogP contribution >= 0.6 is 0 Å². The number of ketones is 1. The SMILES string of the molecule is COc1cc(CN2C(=O)c3ccccc3C2=O)c(C(=O)O)cc1OC.COc1cc(CN2C(=O)c3ccccc3C2=O)c(C(C)=O)cc1OC.COc1cc2c(cc1OC)C(=O)N(COC(=O)C(C)(C)C)C2.COc1cc2c(cc1OC)C(=O)NC2.COc1ccc(C(=O)O)cc1OC.O=C1c2ccccc2C(=O)N1CO. The maximum absolute atomic E-state index is 12.5. The third-order valence-electron chi connectivity index (χ3n) is 17.6. The number of nitrogens with one attached hydrogen (secondary N) is 1. The predicted octanol–water partition coefficient (Wildman–Crippen LogP) is 9.69. The van der Waals surface area contributed by atoms with Gasteiger partial charge in [0.25, 0.3) is 47.3 Å². The van der Waals surface area contributed by atoms with Gasteiger partial charge in [0.2, 0.25) is 0 Å². The summed E-state index contributed by atoms with van der Waals surface area (Å²) >= 11 is 0. The number of hydrogen-bond acceptors (Lipinski definition) is 24. The summed E-state index contributed by atoms with van der Waals surface area (Å²) in [7, 11) is 14.9. The number of carbonyl (C=O) groups excluding carboxylic acids is 10. The van der Waals surface area contributed by atoms with E-state index in [1.165, 1.54) is 85.9 Å². The van der Waals surface area contributed by atoms with Crippen molar-refractivity contribution < 1.29 is 125 Å². The number of ether oxygens (including phenoxy) is 11. The minimum Gasteiger partial charge on any atom is -0.493 e. The number of imide groups is 3. The van der Waals surface area contributed by atoms with Gasteiger partial charge in [0, 0.05) is 23.2 Å². The van der Waals surface area contributed by atoms with E-state index in [0.29, 0.717) is 120 Å². The number of fused-ring (bicyclic) bond motifs is 5. The molecule has 8 amide bonds. The molecule has 0 atom stereocenters. The molecule has 112 heavy (non-hydrogen) atoms. The third kappa shape index (κ3) is 18.3. The van der Waals surface area contributed by atoms with Gasteiger partial charge in [-0.2, -0.15) is 0 Å². The molecule has 0 radical (unpaired) electrons. The number of hydrogen-bond donors (Lipinski definition) is 4. The van der Waals surface area contributed by atoms with Gasteiger partial charge in [0.1, 0.15) is 6.73 Å². The van der Waals surface area contributed by atoms with Gasteiger partial charge in [-0.25, -0.2) is 9.59 Å². The second-order valence-corrected chi connectivity index (χ2v) is 25.4. The zero-order valence-electron chi connectivity index (χ0n) is 63.5. The van der Waals surface area contributed by atoms with Gasteiger partial charge in [0.15, 0.2) is 70.0 Å². The standard InChI is InChI=1S/C19H17NO5.C18H15NO6.C16H21NO5.C10H11NO3.C9H7NO3.C9H10O4/c1-11(21)15-9-17(25-3)16(24-2)8-12(15)10-20-18(22)13-6-4-5-7-14(13)19(20)23;1-24-14-7-10(13(18(22)23)8-15(14)25-2)9-19-16(20)11-5-3-4-6-12(11)17(19)21;1-16(2,3)15(19)22-9-17-8-10-6-12(20-4)13(21-5)7-11(10)14(17)18;1-13-8-3-6-5-11-10(12)7(6)4-9(8)14-2;11-5-10-8(12)6-3-1-2-4-7(6)9(10)13;1-12-7-4-3-6(9(10)11)5-8(7)13-2/h4-9H,10H2,1-3H3;3-8H,9H2,1-2H3,(H,22,23);6-7H,8-9H2,1-5H3;3-4H,5H2,1-2H3,(H,11,12);1-4,11H,5H2;3-5H,1-2H3,(H,10,11). The van der Waals surface area contributed by atoms with Crippen molar-refractivity contribution in [1.29, 1.82) is 0 Å². The van der Waals surface area contributed by atoms with Crippen molar-refractivity contribution in [2.24, 2.45) is 5.41 Å². The zero-order chi connectivity index (χ0) is 82.2. The molecule has 0 spiro atoms. The number of amides is 8. The van der Waals surface area contributed by atoms with Crippen LogP contribution in [0.3, 0.4) is 0 Å². The Kier molecular flexibility index (Phi) is 27.6. The highest BCUT2D eigenvalue weighted by Crippen LogP contribution is 2.39. The van der Waals surface area contributed by atoms with Crippen LogP contribution in [0.2, 0.25) is 0 Å². The van der Waals surface area contributed by atoms with Crippen LogP contribution < -0.4 is 52.7 Å². The molecule has 0 aromatic heterocycles. The maximum atomic E-state index is 12.5. The number of carboxylic acid groups (broad SMARTS) is 2. The monoisotopic (exact) mass is 1540 g/mol. The molecule has 586 valence electrons. The molecule has 13 rings (SSSR count). The fraction of sp³-hybridized carbons (Fsp3) is 0.259. The summed E-state index contributed by atoms with van der Waals surface area (Å²) in [6, 6.07) is 37.0. The molecular weight excluding hydrogens is 1460 g/mol. The number of methoxy groups -OCH3 is 10. The first-order valence-electron chi connectivity index (χ1n) is 33.8. The van der Waals surface area contributed by atoms with Crippen molar-refractivity contribution in [2.45, 2.75) is 53.9 Å². The highest BCUT2D eigenvalue weighted by atomic mass is 16.6. The van der Waals surface area contributed by atoms with Crippen molar-refractivity contribution in [3.8, 4) is 57.5 Å². The third-order valence-corrected chi connectivity index (χ3v) is 17.6. The number of aromatic carboxylic acids is 2. The molecule has 4 N–H and O–H groups in total. The van der Waals surface area contributed by atoms with E-state index in [1.807, 2.05) is 6.07 Å². The first kappa shape index (κ1) is 83.8. The fourth-order valence-electron chi connectivity index (χ4n) is 11.8. The maximum Gasteiger partial charge on any atom is 0.336 e. The number of aliphatic hydroxyl groups is 1. The summed E-state index contributed by atoms with van der Waals surface area (Å²) in [5.41, 5.74) is 5.80. The van der Waals surface area contributed by atoms with E-state index in [0.717, 1.165) is 25.8 Å². The van der Waals surface area contributed by atoms with Crippen molar-refractivity contribution in [2.75, 3.05) is 84.6 Å². The summed E-state index contributed by atoms with van der Waals surface area (Å²) in [5, 5.41) is 29.6. The van der Waals surface area contributed by atoms with Crippen LogP contribution in [0.5, 0.6) is 57.5 Å². The Hall–Kier alpha value is -13.8. The van der Waals surface area contributed by atoms with Gasteiger partial charge in [-0.3, -0.25) is 62.6 Å². The first-order valence-corrected chi connectivity index (χ1v) is 33.8. The molecule has 5 aliphatic heterocycles. The number of Topliss-reactive ketones (excluding diaryl/α,β-unsaturated/α-hetero) is 1. The van der Waals surface area contributed by atoms with Crippen LogP contribution in [0.25, 0.3) is 0 Å². The molecule has 0 fully saturated rings. The number of aliphatic hydroxyl groups excluding tert-OH is 1. The average molecular weight is 1540 g/mol. The van der Waals surface area contributed by atoms with Gasteiger partial charge in [-0.05, 0) is 153 Å². The highest BCUT2D eigenvalue weighted by Gasteiger charge is 2.39. The van der Waals surface area contributed by atoms with Crippen LogP contribution in [0.4, 0.5) is 0 Å². The summed E-state index contributed by atoms with van der Waals surface area (Å²) in [4.78, 5) is 147. The number of nitrogens with zero attached hydrogens (tertiary/aromatic N) is 4. The summed E-state index contributed by atoms with van der Waals surface area (Å²) in [6.45, 7) is 6.87. The fourth-order valence-corrected chi connectivity index (χ4v) is 11.8. The number of carboxylic acids is 2. The predicted molar refractivity (Wildman–Crippen MR) is 398 cm³/mol. The van der Waals surface area contributed by atoms with Crippen molar-refractivity contribution in [3.63, 3.8) is 0 Å². The zero-order valence-corrected chi connectivity index (χ0v) is 63.5. The van der Waals surface area contributed by atoms with Gasteiger partial charge in [0.05, 0.1) is 141 Å². The molecule has 8 aromatic carbocycles. The van der Waals surface area contributed by atoms with Gasteiger partial charge >= 0.3 is 17.9 Å². The van der Waals surface area contributed by atoms with E-state index in [-0.39, 0.29) is 77.6 Å². The van der Waals surface area contributed by atoms with E-state index >= 15 is 0 Å². The van der Waals surface area contributed by atoms with Crippen molar-refractivity contribution in [3.05, 3.63) is 223 Å². The molecule has 0 aliphatic carbocycles. The molecule has 0 bridgehead atoms. The van der Waals surface area contributed by atoms with E-state index in [2.05, 4.69) is 5.32 Å². The lowest BCUT2D eigenvalue weighted by Gasteiger charge is -2.20. The summed E-state index contributed by atoms with van der Waals surface area (Å²) < 4.78 is 56.6. The second kappa shape index (κ2) is 36.8. The average Bonchev–Trinajstić information content (AvgIpc) is 1.64. The Labute approximate surface area is 642 Å². The van der Waals surface area contributed by atoms with Crippen molar-refractivity contribution in [1.82, 2.24) is 24.9 Å². The molecule has 8 aromatic rings. The van der Waals surface area contributed by atoms with Crippen molar-refractivity contribution >= 4 is 70.9 Å². The van der Waals surface area contributed by atoms with E-state index in [1.54, 1.807) is 151 Å². The molecule has 0 saturated heterocycles. The topological polar surface area (TPSA) is 392 Å². The molecule has 5 heterocycles. The molecule has 0 unspecified atom stereocenters. The molecule has 31 nitrogen and oxygen atoms in total. The summed E-state index contributed by atoms with van der Waals surface area (Å²) in [5.74, 6) is -0.764. The van der Waals surface area contributed by atoms with Crippen LogP contribution in [-0.2, 0) is 35.7 Å². The van der Waals surface area contributed by atoms with Crippen LogP contribution in [0.1, 0.15) is 164 Å². The Morgan fingerprint density at radius 3 is 1.12 bits per heavy atom. The molecule has 5 aliphatic rings. The van der Waals surface area contributed by atoms with Gasteiger partial charge in [-0.1, -0.05) is 36.4 Å². The van der Waals surface area contributed by atoms with E-state index in [4.69, 9.17) is 62.3 Å². The van der Waals surface area contributed by atoms with Gasteiger partial charge < -0.3 is 77.6 Å². The number of rotatable bonds is 20. The molecule has 31 heteroatoms. The van der Waals surface area contributed by atoms with Gasteiger partial charge in [-0.15, -0.1) is 0 Å². The number of esters is 1. The Balaban J connectivity index is 0.000000172. The lowest BCUT2D eigenvalue weighted by atomic mass is 9.98. The number of carbonyl (C=O) groups is 12. The molecular formula is C81H81N5O26. The minimum atomic E-state index is -1.19. The Morgan fingerprint density at radius 2 is 0.741 bits per heavy atom. The second-order valence-electron chi connectivity index (χ2n) is 25.4. The lowest BCUT2D eigenvalue weighted by molar-refractivity contribution is -0.156. The highest BCUT2D eigenvalue weighted by molar-refractivity contribution is 6.23. The molecule has 0 saturated carbocycles. The Bertz CT molecular complexity index is 4770. The van der Waals surface area contributed by atoms with Crippen LogP contribution in [-0.4, -0.2) is 190 Å². The Morgan fingerprint density at radius 1 is 0.393 bits per heavy atom. The van der Waals surface area contributed by atoms with Crippen LogP contribution in [0, 0.1) is 5.41 Å². The summed E-state index contributed by atoms with van der Waals surface area (Å²) in [6.07, 6.45) is 0. The smallest absolute Gasteiger partial charge is 0.336 e. The number of benzene rings is 8. The van der Waals surface area contributed by atoms with E-state index in [9.17, 15) is 62.6 Å². The largest absolute Gasteiger partial charge is 0.493 e. The van der Waals surface area contributed by atoms with Crippen LogP contribution in [0.15, 0.2) is 140 Å². The van der Waals surface area contributed by atoms with E-state index < -0.39 is 47.7 Å². The first-order chi connectivity index (χ1) is 53.4. The minimum absolute atomic E-state index is 0.0123. The quantitative estimate of drug-likeness (QED) is 0.0313.